The molecule has 1 aromatic rings. The number of nitrogens with one attached hydrogen (secondary N) is 1. The van der Waals surface area contributed by atoms with Gasteiger partial charge in [-0.25, -0.2) is 0 Å². The lowest BCUT2D eigenvalue weighted by atomic mass is 10.1. The highest BCUT2D eigenvalue weighted by molar-refractivity contribution is 8.15. The third-order valence-electron chi connectivity index (χ3n) is 3.26. The summed E-state index contributed by atoms with van der Waals surface area (Å²) in [6.07, 6.45) is 1.29. The number of benzene rings is 1. The Kier molecular flexibility index (Phi) is 6.96. The van der Waals surface area contributed by atoms with Gasteiger partial charge < -0.3 is 19.9 Å². The maximum absolute atomic E-state index is 11.6. The smallest absolute Gasteiger partial charge is 0.305 e. The maximum atomic E-state index is 11.6. The van der Waals surface area contributed by atoms with Crippen molar-refractivity contribution in [3.63, 3.8) is 0 Å². The van der Waals surface area contributed by atoms with Gasteiger partial charge in [0.2, 0.25) is 5.91 Å². The fourth-order valence-electron chi connectivity index (χ4n) is 2.10. The monoisotopic (exact) mass is 365 g/mol. The first kappa shape index (κ1) is 18.9. The molecule has 134 valence electrons. The van der Waals surface area contributed by atoms with Crippen LogP contribution in [0.3, 0.4) is 0 Å². The van der Waals surface area contributed by atoms with E-state index in [2.05, 4.69) is 15.5 Å². The van der Waals surface area contributed by atoms with E-state index in [9.17, 15) is 9.59 Å². The van der Waals surface area contributed by atoms with E-state index < -0.39 is 11.2 Å². The highest BCUT2D eigenvalue weighted by atomic mass is 32.2. The molecular formula is C16H19N3O5S. The molecule has 1 saturated heterocycles. The highest BCUT2D eigenvalue weighted by Crippen LogP contribution is 2.23. The zero-order valence-corrected chi connectivity index (χ0v) is 14.7. The molecular weight excluding hydrogens is 346 g/mol. The molecule has 1 aromatic carbocycles. The number of amides is 1. The second-order valence-corrected chi connectivity index (χ2v) is 6.24. The normalized spacial score (nSPS) is 18.7. The Morgan fingerprint density at radius 3 is 2.96 bits per heavy atom. The van der Waals surface area contributed by atoms with Crippen LogP contribution in [0.1, 0.15) is 24.5 Å². The topological polar surface area (TPSA) is 110 Å². The third kappa shape index (κ3) is 5.57. The van der Waals surface area contributed by atoms with Crippen LogP contribution in [0.15, 0.2) is 28.4 Å². The van der Waals surface area contributed by atoms with E-state index in [1.807, 2.05) is 25.1 Å². The van der Waals surface area contributed by atoms with Gasteiger partial charge in [-0.15, -0.1) is 5.10 Å². The summed E-state index contributed by atoms with van der Waals surface area (Å²) in [7, 11) is 1.60. The first-order chi connectivity index (χ1) is 12.0. The van der Waals surface area contributed by atoms with Gasteiger partial charge in [-0.2, -0.15) is 5.10 Å². The van der Waals surface area contributed by atoms with Gasteiger partial charge in [-0.3, -0.25) is 9.59 Å². The molecule has 0 spiro atoms. The van der Waals surface area contributed by atoms with E-state index >= 15 is 0 Å². The Morgan fingerprint density at radius 1 is 1.48 bits per heavy atom. The van der Waals surface area contributed by atoms with Crippen LogP contribution in [0.5, 0.6) is 5.75 Å². The van der Waals surface area contributed by atoms with E-state index in [0.717, 1.165) is 28.6 Å². The molecule has 1 aliphatic heterocycles. The molecule has 9 heteroatoms. The number of nitrogens with zero attached hydrogens (tertiary/aromatic N) is 2. The molecule has 0 radical (unpaired) electrons. The minimum absolute atomic E-state index is 0.251. The van der Waals surface area contributed by atoms with Crippen molar-refractivity contribution >= 4 is 35.0 Å². The van der Waals surface area contributed by atoms with Crippen LogP contribution in [-0.2, 0) is 20.9 Å². The Balaban J connectivity index is 2.04. The fourth-order valence-corrected chi connectivity index (χ4v) is 3.01. The van der Waals surface area contributed by atoms with Crippen LogP contribution in [0, 0.1) is 0 Å². The molecule has 25 heavy (non-hydrogen) atoms. The number of amidine groups is 1. The molecule has 1 atom stereocenters. The van der Waals surface area contributed by atoms with Crippen molar-refractivity contribution in [2.75, 3.05) is 13.7 Å². The number of methoxy groups -OCH3 is 1. The van der Waals surface area contributed by atoms with Crippen LogP contribution < -0.4 is 10.1 Å². The van der Waals surface area contributed by atoms with Gasteiger partial charge in [-0.05, 0) is 30.7 Å². The van der Waals surface area contributed by atoms with Gasteiger partial charge >= 0.3 is 5.97 Å². The van der Waals surface area contributed by atoms with Crippen LogP contribution in [-0.4, -0.2) is 47.3 Å². The zero-order chi connectivity index (χ0) is 18.2. The molecule has 1 fully saturated rings. The van der Waals surface area contributed by atoms with Crippen molar-refractivity contribution in [3.05, 3.63) is 29.3 Å². The minimum atomic E-state index is -1.03. The van der Waals surface area contributed by atoms with Crippen LogP contribution in [0.25, 0.3) is 0 Å². The summed E-state index contributed by atoms with van der Waals surface area (Å²) in [5, 5.41) is 18.7. The van der Waals surface area contributed by atoms with Gasteiger partial charge in [0.1, 0.15) is 11.0 Å². The number of carboxylic acids is 1. The summed E-state index contributed by atoms with van der Waals surface area (Å²) in [6.45, 7) is 2.95. The zero-order valence-electron chi connectivity index (χ0n) is 13.9. The fraction of sp³-hybridized carbons (Fsp3) is 0.375. The standard InChI is InChI=1S/C16H19N3O5S/c1-3-24-9-11-6-10(4-5-12(11)23-2)8-17-19-16-18-15(22)13(25-16)7-14(20)21/h4-6,8,13H,3,7,9H2,1-2H3,(H,20,21)(H,18,19,22). The van der Waals surface area contributed by atoms with Gasteiger partial charge in [0.15, 0.2) is 5.17 Å². The second kappa shape index (κ2) is 9.19. The number of hydrogen-bond acceptors (Lipinski definition) is 7. The Bertz CT molecular complexity index is 705. The molecule has 2 N–H and O–H groups in total. The van der Waals surface area contributed by atoms with Crippen molar-refractivity contribution in [2.24, 2.45) is 10.2 Å². The van der Waals surface area contributed by atoms with Crippen LogP contribution in [0.4, 0.5) is 0 Å². The van der Waals surface area contributed by atoms with Crippen LogP contribution in [0.2, 0.25) is 0 Å². The molecule has 1 amide bonds. The Morgan fingerprint density at radius 2 is 2.28 bits per heavy atom. The number of rotatable bonds is 8. The summed E-state index contributed by atoms with van der Waals surface area (Å²) < 4.78 is 10.7. The summed E-state index contributed by atoms with van der Waals surface area (Å²) in [5.41, 5.74) is 1.70. The molecule has 0 aromatic heterocycles. The predicted molar refractivity (Wildman–Crippen MR) is 95.1 cm³/mol. The molecule has 1 unspecified atom stereocenters. The van der Waals surface area contributed by atoms with E-state index in [-0.39, 0.29) is 17.5 Å². The van der Waals surface area contributed by atoms with Gasteiger partial charge in [0.25, 0.3) is 0 Å². The van der Waals surface area contributed by atoms with Gasteiger partial charge in [0, 0.05) is 12.2 Å². The lowest BCUT2D eigenvalue weighted by molar-refractivity contribution is -0.138. The number of ether oxygens (including phenoxy) is 2. The molecule has 8 nitrogen and oxygen atoms in total. The third-order valence-corrected chi connectivity index (χ3v) is 4.33. The summed E-state index contributed by atoms with van der Waals surface area (Å²) >= 11 is 1.06. The molecule has 2 rings (SSSR count). The quantitative estimate of drug-likeness (QED) is 0.535. The lowest BCUT2D eigenvalue weighted by Crippen LogP contribution is -2.26. The van der Waals surface area contributed by atoms with Gasteiger partial charge in [0.05, 0.1) is 26.4 Å². The van der Waals surface area contributed by atoms with E-state index in [1.54, 1.807) is 13.3 Å². The number of carboxylic acid groups (broad SMARTS) is 1. The lowest BCUT2D eigenvalue weighted by Gasteiger charge is -2.09. The number of thioether (sulfide) groups is 1. The maximum Gasteiger partial charge on any atom is 0.305 e. The number of carbonyl (C=O) groups is 2. The van der Waals surface area contributed by atoms with Crippen molar-refractivity contribution < 1.29 is 24.2 Å². The van der Waals surface area contributed by atoms with Gasteiger partial charge in [-0.1, -0.05) is 11.8 Å². The van der Waals surface area contributed by atoms with E-state index in [4.69, 9.17) is 14.6 Å². The molecule has 1 heterocycles. The largest absolute Gasteiger partial charge is 0.496 e. The summed E-state index contributed by atoms with van der Waals surface area (Å²) in [6, 6.07) is 5.52. The molecule has 1 aliphatic rings. The minimum Gasteiger partial charge on any atom is -0.496 e. The van der Waals surface area contributed by atoms with Crippen molar-refractivity contribution in [1.82, 2.24) is 5.32 Å². The number of carbonyl (C=O) groups excluding carboxylic acids is 1. The Labute approximate surface area is 149 Å². The number of hydrogen-bond donors (Lipinski definition) is 2. The van der Waals surface area contributed by atoms with E-state index in [0.29, 0.717) is 13.2 Å². The average Bonchev–Trinajstić information content (AvgIpc) is 2.92. The number of aliphatic carboxylic acids is 1. The highest BCUT2D eigenvalue weighted by Gasteiger charge is 2.32. The summed E-state index contributed by atoms with van der Waals surface area (Å²) in [5.74, 6) is -0.672. The predicted octanol–water partition coefficient (Wildman–Crippen LogP) is 1.63. The first-order valence-corrected chi connectivity index (χ1v) is 8.46. The van der Waals surface area contributed by atoms with E-state index in [1.165, 1.54) is 0 Å². The van der Waals surface area contributed by atoms with Crippen LogP contribution >= 0.6 is 11.8 Å². The van der Waals surface area contributed by atoms with Crippen molar-refractivity contribution in [1.29, 1.82) is 0 Å². The molecule has 0 saturated carbocycles. The SMILES string of the molecule is CCOCc1cc(C=NN=C2NC(=O)C(CC(=O)O)S2)ccc1OC. The second-order valence-electron chi connectivity index (χ2n) is 5.05. The average molecular weight is 365 g/mol. The van der Waals surface area contributed by atoms with Crippen molar-refractivity contribution in [3.8, 4) is 5.75 Å². The van der Waals surface area contributed by atoms with Crippen molar-refractivity contribution in [2.45, 2.75) is 25.2 Å². The Hall–Kier alpha value is -2.39. The summed E-state index contributed by atoms with van der Waals surface area (Å²) in [4.78, 5) is 22.3. The first-order valence-electron chi connectivity index (χ1n) is 7.58. The molecule has 0 bridgehead atoms. The molecule has 0 aliphatic carbocycles.